The van der Waals surface area contributed by atoms with Crippen LogP contribution < -0.4 is 0 Å². The Hall–Kier alpha value is -0.200. The van der Waals surface area contributed by atoms with Crippen molar-refractivity contribution in [2.75, 3.05) is 0 Å². The van der Waals surface area contributed by atoms with E-state index in [2.05, 4.69) is 0 Å². The summed E-state index contributed by atoms with van der Waals surface area (Å²) in [5.41, 5.74) is -2.00. The van der Waals surface area contributed by atoms with Gasteiger partial charge in [-0.15, -0.1) is 0 Å². The molecule has 0 amide bonds. The van der Waals surface area contributed by atoms with Crippen LogP contribution in [-0.2, 0) is 9.47 Å². The molecule has 7 atom stereocenters. The van der Waals surface area contributed by atoms with E-state index >= 15 is 0 Å². The van der Waals surface area contributed by atoms with E-state index in [1.165, 1.54) is 0 Å². The summed E-state index contributed by atoms with van der Waals surface area (Å²) >= 11 is 0. The van der Waals surface area contributed by atoms with Crippen molar-refractivity contribution in [1.29, 1.82) is 0 Å². The molecule has 2 aliphatic heterocycles. The first-order valence-electron chi connectivity index (χ1n) is 7.50. The summed E-state index contributed by atoms with van der Waals surface area (Å²) in [6.45, 7) is 7.59. The van der Waals surface area contributed by atoms with Gasteiger partial charge in [-0.1, -0.05) is 13.8 Å². The van der Waals surface area contributed by atoms with Crippen LogP contribution in [0.5, 0.6) is 0 Å². The molecule has 5 heteroatoms. The molecule has 0 unspecified atom stereocenters. The topological polar surface area (TPSA) is 85.8 Å². The largest absolute Gasteiger partial charge is 0.390 e. The van der Waals surface area contributed by atoms with Gasteiger partial charge >= 0.3 is 0 Å². The Morgan fingerprint density at radius 2 is 1.75 bits per heavy atom. The Balaban J connectivity index is 1.85. The van der Waals surface area contributed by atoms with E-state index in [0.29, 0.717) is 19.3 Å². The molecular formula is C15H26O5. The smallest absolute Gasteiger partial charge is 0.120 e. The fraction of sp³-hybridized carbons (Fsp3) is 1.00. The van der Waals surface area contributed by atoms with Crippen molar-refractivity contribution in [3.8, 4) is 0 Å². The van der Waals surface area contributed by atoms with E-state index in [-0.39, 0.29) is 23.7 Å². The number of epoxide rings is 2. The standard InChI is InChI=1S/C15H26O5/c1-13(2)7-8(16)14(3,18)6-5-9-15(4,20-9)11(17)10-12(13)19-10/h8-12,16-18H,5-7H2,1-4H3/t8-,9-,10-,11+,12-,14-,15-/m0/s1. The zero-order valence-corrected chi connectivity index (χ0v) is 12.7. The van der Waals surface area contributed by atoms with Crippen molar-refractivity contribution in [1.82, 2.24) is 0 Å². The van der Waals surface area contributed by atoms with Gasteiger partial charge in [0.2, 0.25) is 0 Å². The van der Waals surface area contributed by atoms with Crippen LogP contribution in [0.15, 0.2) is 0 Å². The molecule has 2 heterocycles. The molecule has 0 aromatic heterocycles. The Bertz CT molecular complexity index is 407. The highest BCUT2D eigenvalue weighted by Gasteiger charge is 2.66. The number of fused-ring (bicyclic) bond motifs is 2. The van der Waals surface area contributed by atoms with Crippen LogP contribution in [0.25, 0.3) is 0 Å². The monoisotopic (exact) mass is 286 g/mol. The summed E-state index contributed by atoms with van der Waals surface area (Å²) in [6, 6.07) is 0. The van der Waals surface area contributed by atoms with Gasteiger partial charge in [0.25, 0.3) is 0 Å². The molecule has 1 saturated carbocycles. The van der Waals surface area contributed by atoms with Crippen LogP contribution in [0.4, 0.5) is 0 Å². The van der Waals surface area contributed by atoms with E-state index in [1.54, 1.807) is 6.92 Å². The van der Waals surface area contributed by atoms with Gasteiger partial charge in [0, 0.05) is 0 Å². The summed E-state index contributed by atoms with van der Waals surface area (Å²) in [4.78, 5) is 0. The molecule has 3 fully saturated rings. The predicted octanol–water partition coefficient (Wildman–Crippen LogP) is 0.594. The molecule has 116 valence electrons. The summed E-state index contributed by atoms with van der Waals surface area (Å²) in [6.07, 6.45) is -0.279. The van der Waals surface area contributed by atoms with Gasteiger partial charge in [-0.05, 0) is 38.5 Å². The third kappa shape index (κ3) is 2.20. The number of hydrogen-bond donors (Lipinski definition) is 3. The molecule has 0 radical (unpaired) electrons. The number of ether oxygens (including phenoxy) is 2. The van der Waals surface area contributed by atoms with Gasteiger partial charge < -0.3 is 24.8 Å². The highest BCUT2D eigenvalue weighted by Crippen LogP contribution is 2.52. The van der Waals surface area contributed by atoms with Crippen molar-refractivity contribution < 1.29 is 24.8 Å². The van der Waals surface area contributed by atoms with E-state index in [0.717, 1.165) is 0 Å². The molecule has 3 N–H and O–H groups in total. The molecule has 3 aliphatic rings. The second kappa shape index (κ2) is 4.17. The number of rotatable bonds is 0. The fourth-order valence-corrected chi connectivity index (χ4v) is 3.62. The van der Waals surface area contributed by atoms with Gasteiger partial charge in [-0.3, -0.25) is 0 Å². The maximum absolute atomic E-state index is 10.5. The SMILES string of the molecule is CC1(C)C[C@H](O)[C@@](C)(O)CC[C@@H]2O[C@]2(C)[C@H](O)[C@@H]2O[C@@H]21. The first-order chi connectivity index (χ1) is 9.08. The third-order valence-electron chi connectivity index (χ3n) is 5.52. The van der Waals surface area contributed by atoms with E-state index in [1.807, 2.05) is 20.8 Å². The van der Waals surface area contributed by atoms with Crippen LogP contribution >= 0.6 is 0 Å². The molecule has 3 rings (SSSR count). The maximum atomic E-state index is 10.5. The van der Waals surface area contributed by atoms with Crippen LogP contribution in [0, 0.1) is 5.41 Å². The van der Waals surface area contributed by atoms with E-state index in [9.17, 15) is 15.3 Å². The van der Waals surface area contributed by atoms with E-state index in [4.69, 9.17) is 9.47 Å². The number of aliphatic hydroxyl groups is 3. The van der Waals surface area contributed by atoms with Crippen LogP contribution in [0.3, 0.4) is 0 Å². The number of hydrogen-bond acceptors (Lipinski definition) is 5. The average molecular weight is 286 g/mol. The molecular weight excluding hydrogens is 260 g/mol. The van der Waals surface area contributed by atoms with Crippen LogP contribution in [0.1, 0.15) is 47.0 Å². The van der Waals surface area contributed by atoms with Gasteiger partial charge in [-0.2, -0.15) is 0 Å². The first-order valence-corrected chi connectivity index (χ1v) is 7.50. The second-order valence-electron chi connectivity index (χ2n) is 7.86. The molecule has 0 bridgehead atoms. The minimum Gasteiger partial charge on any atom is -0.390 e. The normalized spacial score (nSPS) is 58.0. The lowest BCUT2D eigenvalue weighted by atomic mass is 9.77. The molecule has 20 heavy (non-hydrogen) atoms. The van der Waals surface area contributed by atoms with Crippen molar-refractivity contribution in [2.45, 2.75) is 88.7 Å². The molecule has 0 spiro atoms. The Labute approximate surface area is 119 Å². The molecule has 5 nitrogen and oxygen atoms in total. The zero-order chi connectivity index (χ0) is 14.9. The molecule has 0 aromatic rings. The third-order valence-corrected chi connectivity index (χ3v) is 5.52. The summed E-state index contributed by atoms with van der Waals surface area (Å²) < 4.78 is 11.3. The Kier molecular flexibility index (Phi) is 3.07. The predicted molar refractivity (Wildman–Crippen MR) is 72.2 cm³/mol. The Morgan fingerprint density at radius 3 is 2.40 bits per heavy atom. The quantitative estimate of drug-likeness (QED) is 0.568. The Morgan fingerprint density at radius 1 is 1.10 bits per heavy atom. The van der Waals surface area contributed by atoms with Crippen LogP contribution in [-0.4, -0.2) is 57.0 Å². The van der Waals surface area contributed by atoms with Crippen molar-refractivity contribution >= 4 is 0 Å². The molecule has 2 saturated heterocycles. The molecule has 1 aliphatic carbocycles. The second-order valence-corrected chi connectivity index (χ2v) is 7.86. The minimum atomic E-state index is -1.14. The lowest BCUT2D eigenvalue weighted by Gasteiger charge is -2.34. The maximum Gasteiger partial charge on any atom is 0.120 e. The van der Waals surface area contributed by atoms with Gasteiger partial charge in [0.1, 0.15) is 17.8 Å². The van der Waals surface area contributed by atoms with Crippen molar-refractivity contribution in [2.24, 2.45) is 5.41 Å². The lowest BCUT2D eigenvalue weighted by Crippen LogP contribution is -2.43. The average Bonchev–Trinajstić information content (AvgIpc) is 3.19. The summed E-state index contributed by atoms with van der Waals surface area (Å²) in [5.74, 6) is 0. The zero-order valence-electron chi connectivity index (χ0n) is 12.7. The van der Waals surface area contributed by atoms with Crippen molar-refractivity contribution in [3.05, 3.63) is 0 Å². The summed E-state index contributed by atoms with van der Waals surface area (Å²) in [7, 11) is 0. The highest BCUT2D eigenvalue weighted by atomic mass is 16.6. The minimum absolute atomic E-state index is 0.0674. The number of aliphatic hydroxyl groups excluding tert-OH is 2. The van der Waals surface area contributed by atoms with Gasteiger partial charge in [0.15, 0.2) is 0 Å². The van der Waals surface area contributed by atoms with Gasteiger partial charge in [0.05, 0.1) is 23.9 Å². The van der Waals surface area contributed by atoms with Gasteiger partial charge in [-0.25, -0.2) is 0 Å². The summed E-state index contributed by atoms with van der Waals surface area (Å²) in [5, 5.41) is 31.3. The van der Waals surface area contributed by atoms with Crippen molar-refractivity contribution in [3.63, 3.8) is 0 Å². The lowest BCUT2D eigenvalue weighted by molar-refractivity contribution is -0.0868. The fourth-order valence-electron chi connectivity index (χ4n) is 3.62. The first kappa shape index (κ1) is 14.7. The van der Waals surface area contributed by atoms with Crippen LogP contribution in [0.2, 0.25) is 0 Å². The highest BCUT2D eigenvalue weighted by molar-refractivity contribution is 5.14. The molecule has 0 aromatic carbocycles. The van der Waals surface area contributed by atoms with E-state index < -0.39 is 23.4 Å².